The largest absolute Gasteiger partial charge is 0.481 e. The van der Waals surface area contributed by atoms with Gasteiger partial charge in [-0.2, -0.15) is 0 Å². The van der Waals surface area contributed by atoms with E-state index in [0.29, 0.717) is 6.07 Å². The summed E-state index contributed by atoms with van der Waals surface area (Å²) in [7, 11) is 0. The van der Waals surface area contributed by atoms with Crippen LogP contribution in [0.5, 0.6) is 0 Å². The molecule has 2 rings (SSSR count). The first-order chi connectivity index (χ1) is 11.1. The Kier molecular flexibility index (Phi) is 5.08. The molecule has 9 heteroatoms. The van der Waals surface area contributed by atoms with E-state index in [-0.39, 0.29) is 17.0 Å². The maximum absolute atomic E-state index is 14.0. The fraction of sp³-hybridized carbons (Fsp3) is 0.133. The summed E-state index contributed by atoms with van der Waals surface area (Å²) >= 11 is 5.71. The molecule has 0 aliphatic rings. The van der Waals surface area contributed by atoms with E-state index in [1.807, 2.05) is 0 Å². The van der Waals surface area contributed by atoms with Crippen molar-refractivity contribution in [3.05, 3.63) is 57.6 Å². The van der Waals surface area contributed by atoms with Gasteiger partial charge in [0, 0.05) is 17.0 Å². The maximum Gasteiger partial charge on any atom is 0.303 e. The Morgan fingerprint density at radius 1 is 0.917 bits per heavy atom. The van der Waals surface area contributed by atoms with Crippen LogP contribution in [0.3, 0.4) is 0 Å². The van der Waals surface area contributed by atoms with E-state index in [4.69, 9.17) is 16.7 Å². The molecule has 0 spiro atoms. The summed E-state index contributed by atoms with van der Waals surface area (Å²) in [6.07, 6.45) is -0.654. The molecule has 0 atom stereocenters. The van der Waals surface area contributed by atoms with Crippen molar-refractivity contribution < 1.29 is 36.2 Å². The molecule has 0 aromatic heterocycles. The molecule has 0 aliphatic carbocycles. The predicted octanol–water partition coefficient (Wildman–Crippen LogP) is 4.86. The minimum atomic E-state index is -2.37. The quantitative estimate of drug-likeness (QED) is 0.475. The molecule has 0 radical (unpaired) electrons. The Hall–Kier alpha value is -2.22. The van der Waals surface area contributed by atoms with Gasteiger partial charge in [0.25, 0.3) is 0 Å². The average Bonchev–Trinajstić information content (AvgIpc) is 2.52. The lowest BCUT2D eigenvalue weighted by atomic mass is 9.98. The van der Waals surface area contributed by atoms with Gasteiger partial charge in [0.05, 0.1) is 5.56 Å². The monoisotopic (exact) mass is 368 g/mol. The summed E-state index contributed by atoms with van der Waals surface area (Å²) < 4.78 is 81.2. The van der Waals surface area contributed by atoms with E-state index in [1.165, 1.54) is 0 Å². The highest BCUT2D eigenvalue weighted by atomic mass is 35.5. The Balaban J connectivity index is 2.69. The van der Waals surface area contributed by atoms with Crippen molar-refractivity contribution in [1.29, 1.82) is 0 Å². The molecule has 0 bridgehead atoms. The van der Waals surface area contributed by atoms with Gasteiger partial charge in [-0.1, -0.05) is 11.6 Å². The zero-order chi connectivity index (χ0) is 18.2. The molecule has 0 saturated heterocycles. The van der Waals surface area contributed by atoms with Crippen LogP contribution in [0.2, 0.25) is 5.02 Å². The van der Waals surface area contributed by atoms with Crippen molar-refractivity contribution in [2.24, 2.45) is 0 Å². The summed E-state index contributed by atoms with van der Waals surface area (Å²) in [6.45, 7) is 0. The number of halogens is 7. The number of hydrogen-bond acceptors (Lipinski definition) is 1. The molecule has 128 valence electrons. The molecule has 0 heterocycles. The minimum absolute atomic E-state index is 0.0144. The van der Waals surface area contributed by atoms with Crippen LogP contribution >= 0.6 is 11.6 Å². The smallest absolute Gasteiger partial charge is 0.303 e. The first kappa shape index (κ1) is 18.1. The van der Waals surface area contributed by atoms with Crippen LogP contribution in [0.1, 0.15) is 12.0 Å². The van der Waals surface area contributed by atoms with Gasteiger partial charge in [0.2, 0.25) is 5.82 Å². The first-order valence-electron chi connectivity index (χ1n) is 6.36. The van der Waals surface area contributed by atoms with Crippen LogP contribution in [-0.2, 0) is 11.2 Å². The average molecular weight is 369 g/mol. The molecule has 2 aromatic rings. The first-order valence-corrected chi connectivity index (χ1v) is 6.74. The lowest BCUT2D eigenvalue weighted by Gasteiger charge is -2.12. The van der Waals surface area contributed by atoms with Crippen molar-refractivity contribution in [1.82, 2.24) is 0 Å². The molecule has 2 nitrogen and oxygen atoms in total. The molecular weight excluding hydrogens is 362 g/mol. The van der Waals surface area contributed by atoms with Gasteiger partial charge in [-0.05, 0) is 24.1 Å². The van der Waals surface area contributed by atoms with Gasteiger partial charge in [-0.15, -0.1) is 0 Å². The second-order valence-electron chi connectivity index (χ2n) is 4.76. The number of aliphatic carboxylic acids is 1. The maximum atomic E-state index is 14.0. The third-order valence-electron chi connectivity index (χ3n) is 3.22. The Morgan fingerprint density at radius 3 is 1.92 bits per heavy atom. The number of benzene rings is 2. The van der Waals surface area contributed by atoms with Crippen LogP contribution in [-0.4, -0.2) is 11.1 Å². The second-order valence-corrected chi connectivity index (χ2v) is 5.17. The highest BCUT2D eigenvalue weighted by Crippen LogP contribution is 2.35. The highest BCUT2D eigenvalue weighted by Gasteiger charge is 2.28. The summed E-state index contributed by atoms with van der Waals surface area (Å²) in [5, 5.41) is 8.39. The van der Waals surface area contributed by atoms with Gasteiger partial charge in [0.1, 0.15) is 5.82 Å². The SMILES string of the molecule is O=C(O)CCc1cc(-c2c(F)c(F)c(F)c(F)c2F)c(F)cc1Cl. The number of carboxylic acid groups (broad SMARTS) is 1. The van der Waals surface area contributed by atoms with Gasteiger partial charge in [-0.25, -0.2) is 26.3 Å². The summed E-state index contributed by atoms with van der Waals surface area (Å²) in [5.74, 6) is -13.7. The molecule has 1 N–H and O–H groups in total. The third-order valence-corrected chi connectivity index (χ3v) is 3.58. The summed E-state index contributed by atoms with van der Waals surface area (Å²) in [6, 6.07) is 1.38. The zero-order valence-corrected chi connectivity index (χ0v) is 12.3. The van der Waals surface area contributed by atoms with E-state index in [2.05, 4.69) is 0 Å². The number of hydrogen-bond donors (Lipinski definition) is 1. The predicted molar refractivity (Wildman–Crippen MR) is 72.6 cm³/mol. The highest BCUT2D eigenvalue weighted by molar-refractivity contribution is 6.31. The number of rotatable bonds is 4. The van der Waals surface area contributed by atoms with E-state index in [1.54, 1.807) is 0 Å². The molecule has 0 saturated carbocycles. The molecule has 0 unspecified atom stereocenters. The van der Waals surface area contributed by atoms with Crippen molar-refractivity contribution in [3.63, 3.8) is 0 Å². The number of aryl methyl sites for hydroxylation is 1. The van der Waals surface area contributed by atoms with Crippen molar-refractivity contribution in [2.45, 2.75) is 12.8 Å². The lowest BCUT2D eigenvalue weighted by molar-refractivity contribution is -0.136. The van der Waals surface area contributed by atoms with Crippen LogP contribution in [0.15, 0.2) is 12.1 Å². The van der Waals surface area contributed by atoms with Crippen molar-refractivity contribution in [3.8, 4) is 11.1 Å². The molecule has 0 amide bonds. The van der Waals surface area contributed by atoms with Gasteiger partial charge in [0.15, 0.2) is 23.3 Å². The standard InChI is InChI=1S/C15H7ClF6O2/c16-7-4-8(17)6(3-5(7)1-2-9(23)24)10-11(18)13(20)15(22)14(21)12(10)19/h3-4H,1-2H2,(H,23,24). The number of carboxylic acids is 1. The molecule has 0 fully saturated rings. The van der Waals surface area contributed by atoms with E-state index < -0.39 is 58.4 Å². The van der Waals surface area contributed by atoms with Crippen LogP contribution < -0.4 is 0 Å². The molecule has 0 aliphatic heterocycles. The molecule has 2 aromatic carbocycles. The minimum Gasteiger partial charge on any atom is -0.481 e. The fourth-order valence-electron chi connectivity index (χ4n) is 2.06. The van der Waals surface area contributed by atoms with Crippen LogP contribution in [0, 0.1) is 34.9 Å². The topological polar surface area (TPSA) is 37.3 Å². The molecular formula is C15H7ClF6O2. The third kappa shape index (κ3) is 3.19. The number of carbonyl (C=O) groups is 1. The zero-order valence-electron chi connectivity index (χ0n) is 11.6. The summed E-state index contributed by atoms with van der Waals surface area (Å²) in [4.78, 5) is 10.6. The van der Waals surface area contributed by atoms with Gasteiger partial charge < -0.3 is 5.11 Å². The van der Waals surface area contributed by atoms with Gasteiger partial charge >= 0.3 is 5.97 Å². The fourth-order valence-corrected chi connectivity index (χ4v) is 2.30. The Morgan fingerprint density at radius 2 is 1.42 bits per heavy atom. The van der Waals surface area contributed by atoms with Crippen molar-refractivity contribution >= 4 is 17.6 Å². The molecule has 24 heavy (non-hydrogen) atoms. The lowest BCUT2D eigenvalue weighted by Crippen LogP contribution is -2.06. The van der Waals surface area contributed by atoms with Crippen LogP contribution in [0.25, 0.3) is 11.1 Å². The van der Waals surface area contributed by atoms with E-state index in [9.17, 15) is 31.1 Å². The van der Waals surface area contributed by atoms with E-state index in [0.717, 1.165) is 6.07 Å². The Bertz CT molecular complexity index is 808. The van der Waals surface area contributed by atoms with Crippen molar-refractivity contribution in [2.75, 3.05) is 0 Å². The normalized spacial score (nSPS) is 11.0. The summed E-state index contributed by atoms with van der Waals surface area (Å²) in [5.41, 5.74) is -2.37. The van der Waals surface area contributed by atoms with Crippen LogP contribution in [0.4, 0.5) is 26.3 Å². The second kappa shape index (κ2) is 6.72. The Labute approximate surface area is 136 Å². The van der Waals surface area contributed by atoms with Gasteiger partial charge in [-0.3, -0.25) is 4.79 Å². The van der Waals surface area contributed by atoms with E-state index >= 15 is 0 Å².